The quantitative estimate of drug-likeness (QED) is 0.681. The van der Waals surface area contributed by atoms with Crippen LogP contribution >= 0.6 is 0 Å². The molecule has 4 nitrogen and oxygen atoms in total. The normalized spacial score (nSPS) is 10.5. The SMILES string of the molecule is Cc1ccc(Nc2cc(C)nc(NCCc3ccccc3)n2)c(C)c1. The Morgan fingerprint density at radius 1 is 0.880 bits per heavy atom. The molecule has 0 aliphatic rings. The summed E-state index contributed by atoms with van der Waals surface area (Å²) in [7, 11) is 0. The van der Waals surface area contributed by atoms with E-state index in [0.29, 0.717) is 5.95 Å². The van der Waals surface area contributed by atoms with E-state index in [0.717, 1.165) is 30.2 Å². The maximum Gasteiger partial charge on any atom is 0.224 e. The Bertz CT molecular complexity index is 844. The van der Waals surface area contributed by atoms with E-state index in [9.17, 15) is 0 Å². The molecule has 2 aromatic carbocycles. The molecule has 1 heterocycles. The van der Waals surface area contributed by atoms with Gasteiger partial charge in [0.1, 0.15) is 5.82 Å². The van der Waals surface area contributed by atoms with Crippen molar-refractivity contribution in [1.82, 2.24) is 9.97 Å². The van der Waals surface area contributed by atoms with Crippen molar-refractivity contribution in [2.45, 2.75) is 27.2 Å². The van der Waals surface area contributed by atoms with E-state index in [4.69, 9.17) is 0 Å². The van der Waals surface area contributed by atoms with Crippen LogP contribution in [0, 0.1) is 20.8 Å². The molecule has 128 valence electrons. The van der Waals surface area contributed by atoms with Gasteiger partial charge in [-0.3, -0.25) is 0 Å². The number of benzene rings is 2. The molecule has 0 spiro atoms. The number of hydrogen-bond donors (Lipinski definition) is 2. The van der Waals surface area contributed by atoms with Gasteiger partial charge in [0, 0.05) is 24.0 Å². The van der Waals surface area contributed by atoms with E-state index in [2.05, 4.69) is 76.9 Å². The fourth-order valence-corrected chi connectivity index (χ4v) is 2.77. The van der Waals surface area contributed by atoms with E-state index in [-0.39, 0.29) is 0 Å². The number of hydrogen-bond acceptors (Lipinski definition) is 4. The van der Waals surface area contributed by atoms with Crippen molar-refractivity contribution in [2.75, 3.05) is 17.2 Å². The van der Waals surface area contributed by atoms with Gasteiger partial charge in [-0.2, -0.15) is 4.98 Å². The highest BCUT2D eigenvalue weighted by molar-refractivity contribution is 5.61. The van der Waals surface area contributed by atoms with Gasteiger partial charge in [0.25, 0.3) is 0 Å². The fraction of sp³-hybridized carbons (Fsp3) is 0.238. The van der Waals surface area contributed by atoms with Gasteiger partial charge < -0.3 is 10.6 Å². The maximum atomic E-state index is 4.59. The van der Waals surface area contributed by atoms with Crippen LogP contribution in [-0.4, -0.2) is 16.5 Å². The van der Waals surface area contributed by atoms with Crippen molar-refractivity contribution in [3.05, 3.63) is 77.0 Å². The molecule has 0 saturated heterocycles. The van der Waals surface area contributed by atoms with Gasteiger partial charge in [-0.15, -0.1) is 0 Å². The van der Waals surface area contributed by atoms with Gasteiger partial charge >= 0.3 is 0 Å². The molecular weight excluding hydrogens is 308 g/mol. The number of nitrogens with zero attached hydrogens (tertiary/aromatic N) is 2. The molecule has 3 aromatic rings. The Balaban J connectivity index is 1.67. The lowest BCUT2D eigenvalue weighted by molar-refractivity contribution is 0.976. The molecule has 3 rings (SSSR count). The lowest BCUT2D eigenvalue weighted by Gasteiger charge is -2.12. The zero-order chi connectivity index (χ0) is 17.6. The third kappa shape index (κ3) is 4.80. The van der Waals surface area contributed by atoms with Crippen molar-refractivity contribution in [1.29, 1.82) is 0 Å². The number of rotatable bonds is 6. The number of nitrogens with one attached hydrogen (secondary N) is 2. The first kappa shape index (κ1) is 17.0. The lowest BCUT2D eigenvalue weighted by Crippen LogP contribution is -2.09. The molecule has 1 aromatic heterocycles. The predicted molar refractivity (Wildman–Crippen MR) is 105 cm³/mol. The van der Waals surface area contributed by atoms with Crippen LogP contribution in [0.5, 0.6) is 0 Å². The summed E-state index contributed by atoms with van der Waals surface area (Å²) in [6, 6.07) is 18.7. The highest BCUT2D eigenvalue weighted by Gasteiger charge is 2.05. The Kier molecular flexibility index (Phi) is 5.29. The molecule has 0 atom stereocenters. The van der Waals surface area contributed by atoms with Gasteiger partial charge in [0.05, 0.1) is 0 Å². The second-order valence-electron chi connectivity index (χ2n) is 6.32. The van der Waals surface area contributed by atoms with E-state index in [1.807, 2.05) is 19.1 Å². The fourth-order valence-electron chi connectivity index (χ4n) is 2.77. The standard InChI is InChI=1S/C21H24N4/c1-15-9-10-19(16(2)13-15)24-20-14-17(3)23-21(25-20)22-12-11-18-7-5-4-6-8-18/h4-10,13-14H,11-12H2,1-3H3,(H2,22,23,24,25). The molecule has 25 heavy (non-hydrogen) atoms. The van der Waals surface area contributed by atoms with Crippen molar-refractivity contribution in [3.8, 4) is 0 Å². The number of aryl methyl sites for hydroxylation is 3. The minimum Gasteiger partial charge on any atom is -0.354 e. The van der Waals surface area contributed by atoms with Gasteiger partial charge in [-0.1, -0.05) is 48.0 Å². The summed E-state index contributed by atoms with van der Waals surface area (Å²) in [6.45, 7) is 6.98. The Hall–Kier alpha value is -2.88. The summed E-state index contributed by atoms with van der Waals surface area (Å²) in [5.74, 6) is 1.46. The topological polar surface area (TPSA) is 49.8 Å². The molecule has 0 aliphatic heterocycles. The largest absolute Gasteiger partial charge is 0.354 e. The average Bonchev–Trinajstić information content (AvgIpc) is 2.58. The summed E-state index contributed by atoms with van der Waals surface area (Å²) >= 11 is 0. The Labute approximate surface area is 149 Å². The van der Waals surface area contributed by atoms with Crippen LogP contribution in [0.25, 0.3) is 0 Å². The van der Waals surface area contributed by atoms with Crippen LogP contribution in [0.1, 0.15) is 22.4 Å². The molecule has 0 unspecified atom stereocenters. The van der Waals surface area contributed by atoms with Crippen molar-refractivity contribution in [2.24, 2.45) is 0 Å². The van der Waals surface area contributed by atoms with Crippen LogP contribution in [0.4, 0.5) is 17.5 Å². The summed E-state index contributed by atoms with van der Waals surface area (Å²) in [5.41, 5.74) is 5.76. The van der Waals surface area contributed by atoms with Crippen LogP contribution in [0.15, 0.2) is 54.6 Å². The Morgan fingerprint density at radius 3 is 2.44 bits per heavy atom. The van der Waals surface area contributed by atoms with E-state index < -0.39 is 0 Å². The third-order valence-corrected chi connectivity index (χ3v) is 4.04. The van der Waals surface area contributed by atoms with Crippen LogP contribution < -0.4 is 10.6 Å². The molecule has 0 aliphatic carbocycles. The first-order chi connectivity index (χ1) is 12.1. The lowest BCUT2D eigenvalue weighted by atomic mass is 10.1. The molecule has 0 fully saturated rings. The Morgan fingerprint density at radius 2 is 1.68 bits per heavy atom. The number of anilines is 3. The molecule has 0 amide bonds. The van der Waals surface area contributed by atoms with Crippen molar-refractivity contribution < 1.29 is 0 Å². The summed E-state index contributed by atoms with van der Waals surface area (Å²) in [5, 5.41) is 6.72. The van der Waals surface area contributed by atoms with Gasteiger partial charge in [0.15, 0.2) is 0 Å². The highest BCUT2D eigenvalue weighted by atomic mass is 15.1. The predicted octanol–water partition coefficient (Wildman–Crippen LogP) is 4.80. The van der Waals surface area contributed by atoms with Crippen LogP contribution in [-0.2, 0) is 6.42 Å². The van der Waals surface area contributed by atoms with E-state index >= 15 is 0 Å². The van der Waals surface area contributed by atoms with Crippen molar-refractivity contribution >= 4 is 17.5 Å². The smallest absolute Gasteiger partial charge is 0.224 e. The molecule has 4 heteroatoms. The van der Waals surface area contributed by atoms with E-state index in [1.165, 1.54) is 16.7 Å². The zero-order valence-corrected chi connectivity index (χ0v) is 15.0. The maximum absolute atomic E-state index is 4.59. The van der Waals surface area contributed by atoms with E-state index in [1.54, 1.807) is 0 Å². The minimum atomic E-state index is 0.656. The van der Waals surface area contributed by atoms with Gasteiger partial charge in [-0.05, 0) is 44.4 Å². The summed E-state index contributed by atoms with van der Waals surface area (Å²) < 4.78 is 0. The summed E-state index contributed by atoms with van der Waals surface area (Å²) in [6.07, 6.45) is 0.942. The zero-order valence-electron chi connectivity index (χ0n) is 15.0. The molecule has 0 saturated carbocycles. The molecular formula is C21H24N4. The van der Waals surface area contributed by atoms with Crippen LogP contribution in [0.2, 0.25) is 0 Å². The van der Waals surface area contributed by atoms with Crippen molar-refractivity contribution in [3.63, 3.8) is 0 Å². The summed E-state index contributed by atoms with van der Waals surface area (Å²) in [4.78, 5) is 9.07. The first-order valence-electron chi connectivity index (χ1n) is 8.58. The molecule has 0 bridgehead atoms. The minimum absolute atomic E-state index is 0.656. The molecule has 2 N–H and O–H groups in total. The average molecular weight is 332 g/mol. The van der Waals surface area contributed by atoms with Crippen LogP contribution in [0.3, 0.4) is 0 Å². The van der Waals surface area contributed by atoms with Gasteiger partial charge in [0.2, 0.25) is 5.95 Å². The monoisotopic (exact) mass is 332 g/mol. The first-order valence-corrected chi connectivity index (χ1v) is 8.58. The second kappa shape index (κ2) is 7.79. The molecule has 0 radical (unpaired) electrons. The third-order valence-electron chi connectivity index (χ3n) is 4.04. The highest BCUT2D eigenvalue weighted by Crippen LogP contribution is 2.21. The second-order valence-corrected chi connectivity index (χ2v) is 6.32. The number of aromatic nitrogens is 2. The van der Waals surface area contributed by atoms with Gasteiger partial charge in [-0.25, -0.2) is 4.98 Å².